The lowest BCUT2D eigenvalue weighted by Crippen LogP contribution is -2.54. The topological polar surface area (TPSA) is 112 Å². The summed E-state index contributed by atoms with van der Waals surface area (Å²) in [5.74, 6) is -0.202. The number of amides is 1. The first-order valence-electron chi connectivity index (χ1n) is 12.1. The highest BCUT2D eigenvalue weighted by Crippen LogP contribution is 2.43. The van der Waals surface area contributed by atoms with Crippen molar-refractivity contribution in [3.63, 3.8) is 0 Å². The zero-order valence-corrected chi connectivity index (χ0v) is 21.0. The molecule has 1 unspecified atom stereocenters. The van der Waals surface area contributed by atoms with Crippen molar-refractivity contribution < 1.29 is 23.2 Å². The molecule has 35 heavy (non-hydrogen) atoms. The molecular weight excluding hydrogens is 466 g/mol. The summed E-state index contributed by atoms with van der Waals surface area (Å²) in [6, 6.07) is 12.3. The van der Waals surface area contributed by atoms with Gasteiger partial charge in [-0.05, 0) is 42.3 Å². The zero-order valence-electron chi connectivity index (χ0n) is 20.2. The first kappa shape index (κ1) is 25.2. The highest BCUT2D eigenvalue weighted by molar-refractivity contribution is 7.89. The highest BCUT2D eigenvalue weighted by Gasteiger charge is 2.46. The standard InChI is InChI=1S/C26H33N3O5S/c1-3-4-5-6-7-12-23-25-21(20-10-8-9-11-22(20)27-25)17-24(26(30)28-31)29(23)35(32,33)19-15-13-18(34-2)14-16-19/h8-11,13-16,23-24,27,31H,3-7,12,17H2,1-2H3,(H,28,30)/t23?,24-/m1/s1. The van der Waals surface area contributed by atoms with Gasteiger partial charge < -0.3 is 9.72 Å². The maximum atomic E-state index is 14.0. The third kappa shape index (κ3) is 4.94. The fraction of sp³-hybridized carbons (Fsp3) is 0.423. The Morgan fingerprint density at radius 2 is 1.83 bits per heavy atom. The molecule has 3 N–H and O–H groups in total. The number of unbranched alkanes of at least 4 members (excludes halogenated alkanes) is 4. The van der Waals surface area contributed by atoms with Crippen LogP contribution in [-0.2, 0) is 21.2 Å². The number of methoxy groups -OCH3 is 1. The predicted molar refractivity (Wildman–Crippen MR) is 134 cm³/mol. The summed E-state index contributed by atoms with van der Waals surface area (Å²) in [7, 11) is -2.57. The predicted octanol–water partition coefficient (Wildman–Crippen LogP) is 4.70. The Balaban J connectivity index is 1.82. The second-order valence-electron chi connectivity index (χ2n) is 8.99. The van der Waals surface area contributed by atoms with Crippen molar-refractivity contribution in [1.82, 2.24) is 14.8 Å². The summed E-state index contributed by atoms with van der Waals surface area (Å²) in [5.41, 5.74) is 4.36. The van der Waals surface area contributed by atoms with E-state index >= 15 is 0 Å². The van der Waals surface area contributed by atoms with E-state index in [0.29, 0.717) is 12.2 Å². The molecule has 4 rings (SSSR count). The highest BCUT2D eigenvalue weighted by atomic mass is 32.2. The first-order valence-corrected chi connectivity index (χ1v) is 13.6. The van der Waals surface area contributed by atoms with Crippen LogP contribution < -0.4 is 10.2 Å². The zero-order chi connectivity index (χ0) is 25.0. The smallest absolute Gasteiger partial charge is 0.262 e. The molecule has 0 saturated carbocycles. The molecule has 2 aromatic carbocycles. The lowest BCUT2D eigenvalue weighted by atomic mass is 9.91. The normalized spacial score (nSPS) is 18.4. The lowest BCUT2D eigenvalue weighted by molar-refractivity contribution is -0.134. The Morgan fingerprint density at radius 3 is 2.51 bits per heavy atom. The molecule has 0 radical (unpaired) electrons. The molecule has 9 heteroatoms. The van der Waals surface area contributed by atoms with Crippen LogP contribution >= 0.6 is 0 Å². The van der Waals surface area contributed by atoms with Crippen LogP contribution in [0.2, 0.25) is 0 Å². The van der Waals surface area contributed by atoms with E-state index in [9.17, 15) is 18.4 Å². The number of nitrogens with zero attached hydrogens (tertiary/aromatic N) is 1. The fourth-order valence-electron chi connectivity index (χ4n) is 5.05. The number of carbonyl (C=O) groups excluding carboxylic acids is 1. The van der Waals surface area contributed by atoms with Gasteiger partial charge in [-0.1, -0.05) is 57.2 Å². The minimum absolute atomic E-state index is 0.0737. The average molecular weight is 500 g/mol. The number of hydrogen-bond donors (Lipinski definition) is 3. The van der Waals surface area contributed by atoms with Crippen molar-refractivity contribution in [1.29, 1.82) is 0 Å². The van der Waals surface area contributed by atoms with Crippen molar-refractivity contribution in [3.05, 3.63) is 59.8 Å². The number of hydrogen-bond acceptors (Lipinski definition) is 5. The summed E-state index contributed by atoms with van der Waals surface area (Å²) in [6.07, 6.45) is 5.85. The van der Waals surface area contributed by atoms with Gasteiger partial charge >= 0.3 is 0 Å². The van der Waals surface area contributed by atoms with Crippen molar-refractivity contribution >= 4 is 26.8 Å². The van der Waals surface area contributed by atoms with E-state index in [1.54, 1.807) is 17.6 Å². The van der Waals surface area contributed by atoms with E-state index in [-0.39, 0.29) is 11.3 Å². The average Bonchev–Trinajstić information content (AvgIpc) is 3.26. The maximum absolute atomic E-state index is 14.0. The number of nitrogens with one attached hydrogen (secondary N) is 2. The first-order chi connectivity index (χ1) is 16.9. The number of benzene rings is 2. The molecule has 2 atom stereocenters. The minimum atomic E-state index is -4.08. The second-order valence-corrected chi connectivity index (χ2v) is 10.8. The van der Waals surface area contributed by atoms with Crippen LogP contribution in [0.5, 0.6) is 5.75 Å². The Hall–Kier alpha value is -2.88. The molecule has 0 saturated heterocycles. The van der Waals surface area contributed by atoms with E-state index < -0.39 is 28.0 Å². The van der Waals surface area contributed by atoms with Crippen LogP contribution in [0.15, 0.2) is 53.4 Å². The molecule has 0 spiro atoms. The Kier molecular flexibility index (Phi) is 7.78. The van der Waals surface area contributed by atoms with Crippen LogP contribution in [0.1, 0.15) is 62.7 Å². The van der Waals surface area contributed by atoms with Gasteiger partial charge in [0.1, 0.15) is 11.8 Å². The number of fused-ring (bicyclic) bond motifs is 3. The maximum Gasteiger partial charge on any atom is 0.262 e. The summed E-state index contributed by atoms with van der Waals surface area (Å²) >= 11 is 0. The van der Waals surface area contributed by atoms with Gasteiger partial charge in [0, 0.05) is 23.0 Å². The molecule has 0 bridgehead atoms. The van der Waals surface area contributed by atoms with Gasteiger partial charge in [-0.25, -0.2) is 13.9 Å². The van der Waals surface area contributed by atoms with Crippen LogP contribution in [0, 0.1) is 0 Å². The van der Waals surface area contributed by atoms with E-state index in [0.717, 1.165) is 54.3 Å². The number of rotatable bonds is 10. The van der Waals surface area contributed by atoms with Gasteiger partial charge in [-0.15, -0.1) is 0 Å². The summed E-state index contributed by atoms with van der Waals surface area (Å²) < 4.78 is 34.5. The van der Waals surface area contributed by atoms with Crippen LogP contribution in [0.3, 0.4) is 0 Å². The molecule has 3 aromatic rings. The van der Waals surface area contributed by atoms with Gasteiger partial charge in [0.2, 0.25) is 10.0 Å². The number of aromatic nitrogens is 1. The van der Waals surface area contributed by atoms with E-state index in [2.05, 4.69) is 11.9 Å². The number of carbonyl (C=O) groups is 1. The lowest BCUT2D eigenvalue weighted by Gasteiger charge is -2.40. The molecular formula is C26H33N3O5S. The van der Waals surface area contributed by atoms with E-state index in [1.165, 1.54) is 23.5 Å². The summed E-state index contributed by atoms with van der Waals surface area (Å²) in [5, 5.41) is 10.5. The number of ether oxygens (including phenoxy) is 1. The molecule has 2 heterocycles. The van der Waals surface area contributed by atoms with Crippen LogP contribution in [0.4, 0.5) is 0 Å². The number of hydroxylamine groups is 1. The van der Waals surface area contributed by atoms with E-state index in [4.69, 9.17) is 4.74 Å². The second kappa shape index (κ2) is 10.8. The van der Waals surface area contributed by atoms with Gasteiger partial charge in [0.05, 0.1) is 18.0 Å². The summed E-state index contributed by atoms with van der Waals surface area (Å²) in [6.45, 7) is 2.15. The van der Waals surface area contributed by atoms with Gasteiger partial charge in [-0.2, -0.15) is 4.31 Å². The third-order valence-corrected chi connectivity index (χ3v) is 8.75. The van der Waals surface area contributed by atoms with Crippen LogP contribution in [-0.4, -0.2) is 42.0 Å². The van der Waals surface area contributed by atoms with Gasteiger partial charge in [0.15, 0.2) is 0 Å². The van der Waals surface area contributed by atoms with Crippen LogP contribution in [0.25, 0.3) is 10.9 Å². The largest absolute Gasteiger partial charge is 0.497 e. The van der Waals surface area contributed by atoms with E-state index in [1.807, 2.05) is 24.3 Å². The third-order valence-electron chi connectivity index (χ3n) is 6.82. The molecule has 1 aliphatic rings. The Morgan fingerprint density at radius 1 is 1.11 bits per heavy atom. The van der Waals surface area contributed by atoms with Crippen molar-refractivity contribution in [2.24, 2.45) is 0 Å². The summed E-state index contributed by atoms with van der Waals surface area (Å²) in [4.78, 5) is 16.4. The fourth-order valence-corrected chi connectivity index (χ4v) is 6.83. The molecule has 8 nitrogen and oxygen atoms in total. The van der Waals surface area contributed by atoms with Crippen molar-refractivity contribution in [3.8, 4) is 5.75 Å². The number of para-hydroxylation sites is 1. The molecule has 188 valence electrons. The van der Waals surface area contributed by atoms with Gasteiger partial charge in [0.25, 0.3) is 5.91 Å². The number of aromatic amines is 1. The van der Waals surface area contributed by atoms with Crippen molar-refractivity contribution in [2.45, 2.75) is 68.8 Å². The molecule has 1 aliphatic heterocycles. The molecule has 0 aliphatic carbocycles. The Labute approximate surface area is 206 Å². The molecule has 1 amide bonds. The molecule has 1 aromatic heterocycles. The quantitative estimate of drug-likeness (QED) is 0.213. The Bertz CT molecular complexity index is 1270. The number of H-pyrrole nitrogens is 1. The van der Waals surface area contributed by atoms with Crippen molar-refractivity contribution in [2.75, 3.05) is 7.11 Å². The molecule has 0 fully saturated rings. The number of sulfonamides is 1. The SMILES string of the molecule is CCCCCCCC1c2[nH]c3ccccc3c2C[C@H](C(=O)NO)N1S(=O)(=O)c1ccc(OC)cc1. The van der Waals surface area contributed by atoms with Gasteiger partial charge in [-0.3, -0.25) is 10.0 Å². The minimum Gasteiger partial charge on any atom is -0.497 e. The monoisotopic (exact) mass is 499 g/mol.